The SMILES string of the molecule is Cc1cc([C@@H](C)NC(=O)c2cnc3cc(C(F)(F)F)ccc3c2)c(F)cc1N. The summed E-state index contributed by atoms with van der Waals surface area (Å²) in [6.45, 7) is 3.35. The first-order valence-electron chi connectivity index (χ1n) is 8.39. The fourth-order valence-electron chi connectivity index (χ4n) is 2.83. The zero-order chi connectivity index (χ0) is 20.6. The summed E-state index contributed by atoms with van der Waals surface area (Å²) in [4.78, 5) is 16.4. The fourth-order valence-corrected chi connectivity index (χ4v) is 2.83. The van der Waals surface area contributed by atoms with E-state index in [9.17, 15) is 22.4 Å². The molecule has 0 aliphatic carbocycles. The van der Waals surface area contributed by atoms with Crippen molar-refractivity contribution in [3.8, 4) is 0 Å². The molecule has 1 aromatic heterocycles. The van der Waals surface area contributed by atoms with E-state index in [0.717, 1.165) is 12.1 Å². The highest BCUT2D eigenvalue weighted by Gasteiger charge is 2.30. The number of halogens is 4. The molecule has 0 saturated heterocycles. The average molecular weight is 391 g/mol. The quantitative estimate of drug-likeness (QED) is 0.499. The van der Waals surface area contributed by atoms with Crippen molar-refractivity contribution in [2.24, 2.45) is 0 Å². The van der Waals surface area contributed by atoms with E-state index in [4.69, 9.17) is 5.73 Å². The van der Waals surface area contributed by atoms with E-state index in [1.165, 1.54) is 24.4 Å². The number of amides is 1. The van der Waals surface area contributed by atoms with Gasteiger partial charge in [0.15, 0.2) is 0 Å². The van der Waals surface area contributed by atoms with E-state index in [1.807, 2.05) is 0 Å². The summed E-state index contributed by atoms with van der Waals surface area (Å²) in [6.07, 6.45) is -3.28. The number of rotatable bonds is 3. The second-order valence-electron chi connectivity index (χ2n) is 6.55. The Bertz CT molecular complexity index is 1060. The first kappa shape index (κ1) is 19.6. The van der Waals surface area contributed by atoms with Crippen LogP contribution in [0, 0.1) is 12.7 Å². The Balaban J connectivity index is 1.84. The van der Waals surface area contributed by atoms with Crippen molar-refractivity contribution in [3.63, 3.8) is 0 Å². The number of hydrogen-bond acceptors (Lipinski definition) is 3. The molecule has 3 aromatic rings. The number of anilines is 1. The molecule has 0 saturated carbocycles. The minimum atomic E-state index is -4.47. The van der Waals surface area contributed by atoms with Crippen molar-refractivity contribution < 1.29 is 22.4 Å². The van der Waals surface area contributed by atoms with Gasteiger partial charge in [-0.3, -0.25) is 9.78 Å². The number of aryl methyl sites for hydroxylation is 1. The molecule has 8 heteroatoms. The summed E-state index contributed by atoms with van der Waals surface area (Å²) in [7, 11) is 0. The van der Waals surface area contributed by atoms with E-state index >= 15 is 0 Å². The largest absolute Gasteiger partial charge is 0.416 e. The summed E-state index contributed by atoms with van der Waals surface area (Å²) in [5.74, 6) is -1.05. The maximum atomic E-state index is 14.1. The third-order valence-corrected chi connectivity index (χ3v) is 4.47. The number of nitrogens with two attached hydrogens (primary N) is 1. The van der Waals surface area contributed by atoms with Gasteiger partial charge in [0.05, 0.1) is 22.7 Å². The standard InChI is InChI=1S/C20H17F4N3O/c1-10-5-15(16(21)8-17(10)25)11(2)27-19(28)13-6-12-3-4-14(20(22,23)24)7-18(12)26-9-13/h3-9,11H,25H2,1-2H3,(H,27,28)/t11-/m1/s1. The highest BCUT2D eigenvalue weighted by atomic mass is 19.4. The van der Waals surface area contributed by atoms with Crippen LogP contribution in [-0.4, -0.2) is 10.9 Å². The lowest BCUT2D eigenvalue weighted by atomic mass is 10.0. The third kappa shape index (κ3) is 3.90. The van der Waals surface area contributed by atoms with E-state index in [1.54, 1.807) is 19.9 Å². The molecule has 2 aromatic carbocycles. The maximum absolute atomic E-state index is 14.1. The van der Waals surface area contributed by atoms with Gasteiger partial charge in [0, 0.05) is 22.8 Å². The Morgan fingerprint density at radius 2 is 1.89 bits per heavy atom. The smallest absolute Gasteiger partial charge is 0.398 e. The van der Waals surface area contributed by atoms with Gasteiger partial charge in [-0.25, -0.2) is 4.39 Å². The van der Waals surface area contributed by atoms with Crippen LogP contribution in [-0.2, 0) is 6.18 Å². The molecule has 0 spiro atoms. The number of nitrogen functional groups attached to an aromatic ring is 1. The number of benzene rings is 2. The highest BCUT2D eigenvalue weighted by Crippen LogP contribution is 2.31. The van der Waals surface area contributed by atoms with Crippen molar-refractivity contribution in [2.45, 2.75) is 26.1 Å². The van der Waals surface area contributed by atoms with Gasteiger partial charge in [-0.15, -0.1) is 0 Å². The van der Waals surface area contributed by atoms with Crippen LogP contribution < -0.4 is 11.1 Å². The Morgan fingerprint density at radius 3 is 2.57 bits per heavy atom. The maximum Gasteiger partial charge on any atom is 0.416 e. The van der Waals surface area contributed by atoms with Crippen LogP contribution in [0.15, 0.2) is 42.6 Å². The van der Waals surface area contributed by atoms with Crippen molar-refractivity contribution >= 4 is 22.5 Å². The summed E-state index contributed by atoms with van der Waals surface area (Å²) in [5, 5.41) is 3.05. The molecule has 0 fully saturated rings. The topological polar surface area (TPSA) is 68.0 Å². The van der Waals surface area contributed by atoms with Gasteiger partial charge < -0.3 is 11.1 Å². The molecule has 1 heterocycles. The molecule has 1 amide bonds. The van der Waals surface area contributed by atoms with E-state index in [0.29, 0.717) is 16.6 Å². The Morgan fingerprint density at radius 1 is 1.18 bits per heavy atom. The molecular weight excluding hydrogens is 374 g/mol. The first-order chi connectivity index (χ1) is 13.1. The van der Waals surface area contributed by atoms with Crippen LogP contribution in [0.1, 0.15) is 40.0 Å². The van der Waals surface area contributed by atoms with Crippen LogP contribution in [0.2, 0.25) is 0 Å². The highest BCUT2D eigenvalue weighted by molar-refractivity contribution is 5.97. The van der Waals surface area contributed by atoms with Crippen LogP contribution >= 0.6 is 0 Å². The van der Waals surface area contributed by atoms with Crippen molar-refractivity contribution in [1.29, 1.82) is 0 Å². The zero-order valence-electron chi connectivity index (χ0n) is 15.1. The lowest BCUT2D eigenvalue weighted by Crippen LogP contribution is -2.27. The van der Waals surface area contributed by atoms with Crippen molar-refractivity contribution in [2.75, 3.05) is 5.73 Å². The summed E-state index contributed by atoms with van der Waals surface area (Å²) < 4.78 is 52.5. The molecule has 0 radical (unpaired) electrons. The molecule has 0 unspecified atom stereocenters. The first-order valence-corrected chi connectivity index (χ1v) is 8.39. The van der Waals surface area contributed by atoms with Gasteiger partial charge in [-0.05, 0) is 49.7 Å². The predicted octanol–water partition coefficient (Wildman–Crippen LogP) is 4.77. The number of fused-ring (bicyclic) bond motifs is 1. The molecule has 1 atom stereocenters. The van der Waals surface area contributed by atoms with E-state index < -0.39 is 29.5 Å². The number of nitrogens with one attached hydrogen (secondary N) is 1. The van der Waals surface area contributed by atoms with E-state index in [-0.39, 0.29) is 16.6 Å². The average Bonchev–Trinajstić information content (AvgIpc) is 2.62. The molecule has 4 nitrogen and oxygen atoms in total. The van der Waals surface area contributed by atoms with Crippen molar-refractivity contribution in [3.05, 3.63) is 70.7 Å². The van der Waals surface area contributed by atoms with Crippen LogP contribution in [0.25, 0.3) is 10.9 Å². The number of alkyl halides is 3. The van der Waals surface area contributed by atoms with Crippen LogP contribution in [0.4, 0.5) is 23.2 Å². The summed E-state index contributed by atoms with van der Waals surface area (Å²) >= 11 is 0. The predicted molar refractivity (Wildman–Crippen MR) is 98.2 cm³/mol. The van der Waals surface area contributed by atoms with Crippen LogP contribution in [0.5, 0.6) is 0 Å². The number of pyridine rings is 1. The third-order valence-electron chi connectivity index (χ3n) is 4.47. The van der Waals surface area contributed by atoms with Gasteiger partial charge in [-0.2, -0.15) is 13.2 Å². The summed E-state index contributed by atoms with van der Waals surface area (Å²) in [5.41, 5.74) is 6.42. The lowest BCUT2D eigenvalue weighted by Gasteiger charge is -2.17. The minimum absolute atomic E-state index is 0.125. The number of carbonyl (C=O) groups excluding carboxylic acids is 1. The van der Waals surface area contributed by atoms with E-state index in [2.05, 4.69) is 10.3 Å². The second-order valence-corrected chi connectivity index (χ2v) is 6.55. The molecule has 3 rings (SSSR count). The molecular formula is C20H17F4N3O. The molecule has 0 aliphatic heterocycles. The molecule has 28 heavy (non-hydrogen) atoms. The van der Waals surface area contributed by atoms with Gasteiger partial charge >= 0.3 is 6.18 Å². The lowest BCUT2D eigenvalue weighted by molar-refractivity contribution is -0.137. The number of hydrogen-bond donors (Lipinski definition) is 2. The monoisotopic (exact) mass is 391 g/mol. The molecule has 0 bridgehead atoms. The molecule has 0 aliphatic rings. The van der Waals surface area contributed by atoms with Gasteiger partial charge in [-0.1, -0.05) is 6.07 Å². The second kappa shape index (κ2) is 7.10. The Labute approximate surface area is 158 Å². The summed E-state index contributed by atoms with van der Waals surface area (Å²) in [6, 6.07) is 6.67. The van der Waals surface area contributed by atoms with Crippen molar-refractivity contribution in [1.82, 2.24) is 10.3 Å². The number of nitrogens with zero attached hydrogens (tertiary/aromatic N) is 1. The minimum Gasteiger partial charge on any atom is -0.398 e. The normalized spacial score (nSPS) is 12.8. The fraction of sp³-hybridized carbons (Fsp3) is 0.200. The van der Waals surface area contributed by atoms with Gasteiger partial charge in [0.1, 0.15) is 5.82 Å². The van der Waals surface area contributed by atoms with Gasteiger partial charge in [0.2, 0.25) is 0 Å². The zero-order valence-corrected chi connectivity index (χ0v) is 15.1. The number of aromatic nitrogens is 1. The Kier molecular flexibility index (Phi) is 4.97. The van der Waals surface area contributed by atoms with Gasteiger partial charge in [0.25, 0.3) is 5.91 Å². The molecule has 3 N–H and O–H groups in total. The Hall–Kier alpha value is -3.16. The van der Waals surface area contributed by atoms with Crippen LogP contribution in [0.3, 0.4) is 0 Å². The number of carbonyl (C=O) groups is 1. The molecule has 146 valence electrons.